The molecule has 0 saturated carbocycles. The van der Waals surface area contributed by atoms with Crippen molar-refractivity contribution in [3.8, 4) is 5.75 Å². The maximum atomic E-state index is 11.5. The molecule has 0 amide bonds. The van der Waals surface area contributed by atoms with Crippen molar-refractivity contribution in [2.24, 2.45) is 0 Å². The fraction of sp³-hybridized carbons (Fsp3) is 0.600. The zero-order valence-corrected chi connectivity index (χ0v) is 10.8. The van der Waals surface area contributed by atoms with E-state index in [1.807, 2.05) is 0 Å². The van der Waals surface area contributed by atoms with Crippen LogP contribution in [0.1, 0.15) is 12.8 Å². The molecule has 0 atom stereocenters. The number of H-pyrrole nitrogens is 1. The minimum absolute atomic E-state index is 0.00303. The van der Waals surface area contributed by atoms with Gasteiger partial charge in [0, 0.05) is 6.04 Å². The van der Waals surface area contributed by atoms with Crippen LogP contribution >= 0.6 is 0 Å². The van der Waals surface area contributed by atoms with E-state index in [2.05, 4.69) is 15.3 Å². The van der Waals surface area contributed by atoms with Crippen LogP contribution in [0.15, 0.2) is 11.1 Å². The number of methoxy groups -OCH3 is 1. The van der Waals surface area contributed by atoms with Gasteiger partial charge in [-0.1, -0.05) is 0 Å². The molecule has 2 N–H and O–H groups in total. The molecule has 0 unspecified atom stereocenters. The largest absolute Gasteiger partial charge is 0.489 e. The predicted octanol–water partition coefficient (Wildman–Crippen LogP) is -0.232. The van der Waals surface area contributed by atoms with Crippen molar-refractivity contribution in [3.63, 3.8) is 0 Å². The van der Waals surface area contributed by atoms with E-state index in [1.54, 1.807) is 0 Å². The molecule has 8 heteroatoms. The molecule has 1 aliphatic heterocycles. The Balaban J connectivity index is 2.11. The highest BCUT2D eigenvalue weighted by Crippen LogP contribution is 2.20. The third kappa shape index (κ3) is 2.81. The first kappa shape index (κ1) is 12.9. The van der Waals surface area contributed by atoms with E-state index in [-0.39, 0.29) is 28.9 Å². The molecule has 18 heavy (non-hydrogen) atoms. The lowest BCUT2D eigenvalue weighted by molar-refractivity contribution is 0.407. The smallest absolute Gasteiger partial charge is 0.295 e. The fourth-order valence-electron chi connectivity index (χ4n) is 1.91. The molecule has 1 saturated heterocycles. The molecule has 100 valence electrons. The van der Waals surface area contributed by atoms with Gasteiger partial charge < -0.3 is 15.0 Å². The Morgan fingerprint density at radius 1 is 1.44 bits per heavy atom. The van der Waals surface area contributed by atoms with Gasteiger partial charge in [-0.3, -0.25) is 4.79 Å². The molecule has 1 aromatic rings. The molecule has 1 aromatic heterocycles. The zero-order chi connectivity index (χ0) is 13.2. The second kappa shape index (κ2) is 4.97. The highest BCUT2D eigenvalue weighted by molar-refractivity contribution is 7.91. The van der Waals surface area contributed by atoms with Crippen LogP contribution in [0, 0.1) is 0 Å². The van der Waals surface area contributed by atoms with Gasteiger partial charge in [0.2, 0.25) is 5.75 Å². The number of sulfone groups is 1. The van der Waals surface area contributed by atoms with Gasteiger partial charge in [-0.15, -0.1) is 0 Å². The van der Waals surface area contributed by atoms with Crippen molar-refractivity contribution in [1.29, 1.82) is 0 Å². The van der Waals surface area contributed by atoms with Gasteiger partial charge in [0.15, 0.2) is 5.82 Å². The van der Waals surface area contributed by atoms with Crippen molar-refractivity contribution < 1.29 is 13.2 Å². The Morgan fingerprint density at radius 3 is 2.72 bits per heavy atom. The standard InChI is InChI=1S/C10H15N3O4S/c1-17-8-9(11-6-12-10(8)14)13-7-2-4-18(15,16)5-3-7/h6-7H,2-5H2,1H3,(H2,11,12,13,14). The highest BCUT2D eigenvalue weighted by atomic mass is 32.2. The molecule has 0 bridgehead atoms. The molecule has 0 aromatic carbocycles. The third-order valence-electron chi connectivity index (χ3n) is 2.91. The molecule has 0 spiro atoms. The summed E-state index contributed by atoms with van der Waals surface area (Å²) in [4.78, 5) is 17.9. The summed E-state index contributed by atoms with van der Waals surface area (Å²) in [5, 5.41) is 3.06. The summed E-state index contributed by atoms with van der Waals surface area (Å²) in [5.41, 5.74) is -0.363. The lowest BCUT2D eigenvalue weighted by Gasteiger charge is -2.23. The average molecular weight is 273 g/mol. The Bertz CT molecular complexity index is 567. The van der Waals surface area contributed by atoms with Crippen molar-refractivity contribution >= 4 is 15.7 Å². The predicted molar refractivity (Wildman–Crippen MR) is 66.7 cm³/mol. The molecular formula is C10H15N3O4S. The Hall–Kier alpha value is -1.57. The Kier molecular flexibility index (Phi) is 3.55. The van der Waals surface area contributed by atoms with E-state index >= 15 is 0 Å². The Morgan fingerprint density at radius 2 is 2.11 bits per heavy atom. The summed E-state index contributed by atoms with van der Waals surface area (Å²) in [6.45, 7) is 0. The van der Waals surface area contributed by atoms with Gasteiger partial charge in [-0.2, -0.15) is 0 Å². The molecule has 7 nitrogen and oxygen atoms in total. The van der Waals surface area contributed by atoms with Crippen LogP contribution < -0.4 is 15.6 Å². The number of hydrogen-bond acceptors (Lipinski definition) is 6. The topological polar surface area (TPSA) is 101 Å². The number of nitrogens with zero attached hydrogens (tertiary/aromatic N) is 1. The third-order valence-corrected chi connectivity index (χ3v) is 4.63. The minimum Gasteiger partial charge on any atom is -0.489 e. The van der Waals surface area contributed by atoms with E-state index in [0.717, 1.165) is 0 Å². The highest BCUT2D eigenvalue weighted by Gasteiger charge is 2.24. The van der Waals surface area contributed by atoms with E-state index in [4.69, 9.17) is 4.74 Å². The summed E-state index contributed by atoms with van der Waals surface area (Å²) in [5.74, 6) is 0.795. The second-order valence-electron chi connectivity index (χ2n) is 4.18. The Labute approximate surface area is 105 Å². The van der Waals surface area contributed by atoms with Crippen molar-refractivity contribution in [2.45, 2.75) is 18.9 Å². The maximum absolute atomic E-state index is 11.5. The zero-order valence-electron chi connectivity index (χ0n) is 9.97. The first-order valence-corrected chi connectivity index (χ1v) is 7.42. The molecular weight excluding hydrogens is 258 g/mol. The quantitative estimate of drug-likeness (QED) is 0.788. The summed E-state index contributed by atoms with van der Waals surface area (Å²) in [7, 11) is -1.50. The summed E-state index contributed by atoms with van der Waals surface area (Å²) < 4.78 is 27.6. The summed E-state index contributed by atoms with van der Waals surface area (Å²) in [6, 6.07) is -0.00303. The normalized spacial score (nSPS) is 19.4. The molecule has 0 aliphatic carbocycles. The molecule has 2 heterocycles. The average Bonchev–Trinajstić information content (AvgIpc) is 2.32. The number of aromatic nitrogens is 2. The van der Waals surface area contributed by atoms with E-state index in [0.29, 0.717) is 18.7 Å². The van der Waals surface area contributed by atoms with Crippen LogP contribution in [0.3, 0.4) is 0 Å². The number of nitrogens with one attached hydrogen (secondary N) is 2. The van der Waals surface area contributed by atoms with Gasteiger partial charge in [-0.25, -0.2) is 13.4 Å². The lowest BCUT2D eigenvalue weighted by Crippen LogP contribution is -2.33. The maximum Gasteiger partial charge on any atom is 0.295 e. The van der Waals surface area contributed by atoms with Crippen LogP contribution in [-0.4, -0.2) is 43.0 Å². The van der Waals surface area contributed by atoms with Crippen LogP contribution in [0.2, 0.25) is 0 Å². The molecule has 0 radical (unpaired) electrons. The van der Waals surface area contributed by atoms with Gasteiger partial charge in [0.05, 0.1) is 24.9 Å². The van der Waals surface area contributed by atoms with Crippen LogP contribution in [0.5, 0.6) is 5.75 Å². The van der Waals surface area contributed by atoms with Crippen LogP contribution in [0.25, 0.3) is 0 Å². The van der Waals surface area contributed by atoms with Gasteiger partial charge in [0.1, 0.15) is 9.84 Å². The SMILES string of the molecule is COc1c(NC2CCS(=O)(=O)CC2)nc[nH]c1=O. The summed E-state index contributed by atoms with van der Waals surface area (Å²) >= 11 is 0. The van der Waals surface area contributed by atoms with Crippen molar-refractivity contribution in [2.75, 3.05) is 23.9 Å². The first-order valence-electron chi connectivity index (χ1n) is 5.60. The number of ether oxygens (including phenoxy) is 1. The number of rotatable bonds is 3. The van der Waals surface area contributed by atoms with Crippen molar-refractivity contribution in [1.82, 2.24) is 9.97 Å². The van der Waals surface area contributed by atoms with Crippen molar-refractivity contribution in [3.05, 3.63) is 16.7 Å². The van der Waals surface area contributed by atoms with Gasteiger partial charge in [-0.05, 0) is 12.8 Å². The van der Waals surface area contributed by atoms with Gasteiger partial charge in [0.25, 0.3) is 5.56 Å². The van der Waals surface area contributed by atoms with Crippen LogP contribution in [0.4, 0.5) is 5.82 Å². The van der Waals surface area contributed by atoms with E-state index in [9.17, 15) is 13.2 Å². The molecule has 2 rings (SSSR count). The second-order valence-corrected chi connectivity index (χ2v) is 6.49. The van der Waals surface area contributed by atoms with Crippen LogP contribution in [-0.2, 0) is 9.84 Å². The lowest BCUT2D eigenvalue weighted by atomic mass is 10.1. The molecule has 1 aliphatic rings. The number of hydrogen-bond donors (Lipinski definition) is 2. The van der Waals surface area contributed by atoms with E-state index < -0.39 is 9.84 Å². The van der Waals surface area contributed by atoms with E-state index in [1.165, 1.54) is 13.4 Å². The molecule has 1 fully saturated rings. The van der Waals surface area contributed by atoms with Gasteiger partial charge >= 0.3 is 0 Å². The fourth-order valence-corrected chi connectivity index (χ4v) is 3.40. The number of anilines is 1. The first-order chi connectivity index (χ1) is 8.52. The minimum atomic E-state index is -2.89. The summed E-state index contributed by atoms with van der Waals surface area (Å²) in [6.07, 6.45) is 2.31. The monoisotopic (exact) mass is 273 g/mol. The number of aromatic amines is 1.